The fraction of sp³-hybridized carbons (Fsp3) is 0.240. The van der Waals surface area contributed by atoms with Gasteiger partial charge in [-0.05, 0) is 31.5 Å². The molecule has 0 unspecified atom stereocenters. The molecule has 4 aromatic rings. The van der Waals surface area contributed by atoms with Gasteiger partial charge in [0.25, 0.3) is 0 Å². The Bertz CT molecular complexity index is 1420. The highest BCUT2D eigenvalue weighted by atomic mass is 19.3. The van der Waals surface area contributed by atoms with Crippen LogP contribution in [0.2, 0.25) is 0 Å². The molecular formula is C25H22F3NO6. The molecule has 0 saturated heterocycles. The van der Waals surface area contributed by atoms with E-state index in [9.17, 15) is 28.2 Å². The number of hydrogen-bond acceptors (Lipinski definition) is 6. The summed E-state index contributed by atoms with van der Waals surface area (Å²) in [7, 11) is 0. The number of halogens is 3. The second-order valence-corrected chi connectivity index (χ2v) is 7.51. The number of fused-ring (bicyclic) bond motifs is 2. The molecule has 0 amide bonds. The van der Waals surface area contributed by atoms with Crippen LogP contribution in [0, 0.1) is 5.82 Å². The first-order chi connectivity index (χ1) is 16.8. The van der Waals surface area contributed by atoms with Crippen LogP contribution >= 0.6 is 0 Å². The van der Waals surface area contributed by atoms with Crippen molar-refractivity contribution in [3.05, 3.63) is 53.8 Å². The molecule has 7 nitrogen and oxygen atoms in total. The summed E-state index contributed by atoms with van der Waals surface area (Å²) in [6, 6.07) is 10.1. The van der Waals surface area contributed by atoms with Crippen LogP contribution in [0.4, 0.5) is 13.2 Å². The molecule has 1 aromatic heterocycles. The number of aromatic nitrogens is 1. The molecule has 0 radical (unpaired) electrons. The number of carbonyl (C=O) groups excluding carboxylic acids is 1. The first kappa shape index (κ1) is 24.1. The van der Waals surface area contributed by atoms with Gasteiger partial charge in [-0.3, -0.25) is 9.36 Å². The Morgan fingerprint density at radius 1 is 0.971 bits per heavy atom. The van der Waals surface area contributed by atoms with Gasteiger partial charge in [0.1, 0.15) is 17.3 Å². The maximum absolute atomic E-state index is 14.8. The highest BCUT2D eigenvalue weighted by Crippen LogP contribution is 2.52. The number of hydrogen-bond donors (Lipinski definition) is 2. The lowest BCUT2D eigenvalue weighted by molar-refractivity contribution is -0.142. The second kappa shape index (κ2) is 9.65. The quantitative estimate of drug-likeness (QED) is 0.321. The molecule has 35 heavy (non-hydrogen) atoms. The molecule has 0 saturated carbocycles. The number of nitrogens with zero attached hydrogens (tertiary/aromatic N) is 1. The molecule has 2 N–H and O–H groups in total. The third-order valence-corrected chi connectivity index (χ3v) is 5.42. The number of alkyl halides is 2. The van der Waals surface area contributed by atoms with Crippen molar-refractivity contribution in [1.82, 2.24) is 4.57 Å². The summed E-state index contributed by atoms with van der Waals surface area (Å²) < 4.78 is 57.7. The predicted molar refractivity (Wildman–Crippen MR) is 122 cm³/mol. The Kier molecular flexibility index (Phi) is 6.63. The minimum atomic E-state index is -3.22. The number of aromatic hydroxyl groups is 2. The van der Waals surface area contributed by atoms with Gasteiger partial charge in [0.05, 0.1) is 36.1 Å². The molecule has 0 spiro atoms. The molecule has 3 aromatic carbocycles. The summed E-state index contributed by atoms with van der Waals surface area (Å²) in [5.74, 6) is -2.84. The third-order valence-electron chi connectivity index (χ3n) is 5.42. The number of benzene rings is 3. The molecular weight excluding hydrogens is 467 g/mol. The van der Waals surface area contributed by atoms with E-state index in [1.165, 1.54) is 18.2 Å². The van der Waals surface area contributed by atoms with E-state index in [1.807, 2.05) is 0 Å². The van der Waals surface area contributed by atoms with Crippen molar-refractivity contribution in [3.8, 4) is 28.9 Å². The van der Waals surface area contributed by atoms with Crippen LogP contribution in [0.3, 0.4) is 0 Å². The van der Waals surface area contributed by atoms with Crippen molar-refractivity contribution in [1.29, 1.82) is 0 Å². The van der Waals surface area contributed by atoms with E-state index in [-0.39, 0.29) is 58.5 Å². The number of esters is 1. The average molecular weight is 489 g/mol. The average Bonchev–Trinajstić information content (AvgIpc) is 3.07. The van der Waals surface area contributed by atoms with Crippen LogP contribution in [-0.2, 0) is 16.0 Å². The van der Waals surface area contributed by atoms with Crippen LogP contribution in [0.1, 0.15) is 19.4 Å². The third kappa shape index (κ3) is 4.27. The Labute approximate surface area is 197 Å². The maximum atomic E-state index is 14.8. The minimum absolute atomic E-state index is 0.0178. The largest absolute Gasteiger partial charge is 0.494 e. The van der Waals surface area contributed by atoms with Crippen LogP contribution in [0.25, 0.3) is 27.2 Å². The first-order valence-electron chi connectivity index (χ1n) is 10.8. The molecule has 0 fully saturated rings. The summed E-state index contributed by atoms with van der Waals surface area (Å²) in [6.07, 6.45) is -0.308. The topological polar surface area (TPSA) is 90.2 Å². The van der Waals surface area contributed by atoms with Crippen molar-refractivity contribution >= 4 is 27.5 Å². The predicted octanol–water partition coefficient (Wildman–Crippen LogP) is 5.44. The van der Waals surface area contributed by atoms with E-state index in [4.69, 9.17) is 14.2 Å². The molecule has 184 valence electrons. The van der Waals surface area contributed by atoms with Gasteiger partial charge in [0.2, 0.25) is 11.8 Å². The normalized spacial score (nSPS) is 11.4. The monoisotopic (exact) mass is 489 g/mol. The highest BCUT2D eigenvalue weighted by Gasteiger charge is 2.29. The van der Waals surface area contributed by atoms with E-state index in [0.717, 1.165) is 10.6 Å². The van der Waals surface area contributed by atoms with Crippen LogP contribution < -0.4 is 9.47 Å². The standard InChI is InChI=1S/C25H22F3NO6/c1-3-33-18(30)11-13-9-10-14(12-17(13)26)29-23(31)19-20(24(29)32)22(35-25(27)28)16-8-6-5-7-15(16)21(19)34-4-2/h5-10,12,25,31-32H,3-4,11H2,1-2H3. The van der Waals surface area contributed by atoms with Gasteiger partial charge in [-0.1, -0.05) is 30.3 Å². The van der Waals surface area contributed by atoms with Crippen molar-refractivity contribution in [2.75, 3.05) is 13.2 Å². The molecule has 10 heteroatoms. The maximum Gasteiger partial charge on any atom is 0.387 e. The molecule has 0 aliphatic rings. The Morgan fingerprint density at radius 3 is 2.17 bits per heavy atom. The summed E-state index contributed by atoms with van der Waals surface area (Å²) >= 11 is 0. The number of rotatable bonds is 8. The minimum Gasteiger partial charge on any atom is -0.494 e. The van der Waals surface area contributed by atoms with E-state index < -0.39 is 30.2 Å². The molecule has 1 heterocycles. The summed E-state index contributed by atoms with van der Waals surface area (Å²) in [6.45, 7) is 0.442. The van der Waals surface area contributed by atoms with E-state index in [0.29, 0.717) is 5.39 Å². The fourth-order valence-corrected chi connectivity index (χ4v) is 4.06. The second-order valence-electron chi connectivity index (χ2n) is 7.51. The molecule has 0 aliphatic carbocycles. The Morgan fingerprint density at radius 2 is 1.60 bits per heavy atom. The van der Waals surface area contributed by atoms with Crippen molar-refractivity contribution < 1.29 is 42.4 Å². The van der Waals surface area contributed by atoms with Crippen LogP contribution in [0.15, 0.2) is 42.5 Å². The lowest BCUT2D eigenvalue weighted by Crippen LogP contribution is -2.09. The fourth-order valence-electron chi connectivity index (χ4n) is 4.06. The van der Waals surface area contributed by atoms with Gasteiger partial charge in [-0.2, -0.15) is 8.78 Å². The smallest absolute Gasteiger partial charge is 0.387 e. The number of ether oxygens (including phenoxy) is 3. The molecule has 0 atom stereocenters. The van der Waals surface area contributed by atoms with Gasteiger partial charge in [-0.25, -0.2) is 4.39 Å². The molecule has 0 aliphatic heterocycles. The van der Waals surface area contributed by atoms with Crippen LogP contribution in [-0.4, -0.2) is 40.6 Å². The molecule has 0 bridgehead atoms. The first-order valence-corrected chi connectivity index (χ1v) is 10.8. The summed E-state index contributed by atoms with van der Waals surface area (Å²) in [5.41, 5.74) is 0.0289. The van der Waals surface area contributed by atoms with E-state index >= 15 is 0 Å². The van der Waals surface area contributed by atoms with E-state index in [2.05, 4.69) is 0 Å². The van der Waals surface area contributed by atoms with E-state index in [1.54, 1.807) is 32.0 Å². The Hall–Kier alpha value is -4.08. The summed E-state index contributed by atoms with van der Waals surface area (Å²) in [5, 5.41) is 22.5. The lowest BCUT2D eigenvalue weighted by Gasteiger charge is -2.14. The SMILES string of the molecule is CCOC(=O)Cc1ccc(-n2c(O)c3c(OCC)c4ccccc4c(OC(F)F)c3c2O)cc1F. The van der Waals surface area contributed by atoms with Crippen molar-refractivity contribution in [2.45, 2.75) is 26.9 Å². The zero-order valence-corrected chi connectivity index (χ0v) is 18.8. The highest BCUT2D eigenvalue weighted by molar-refractivity contribution is 6.15. The zero-order valence-electron chi connectivity index (χ0n) is 18.8. The summed E-state index contributed by atoms with van der Waals surface area (Å²) in [4.78, 5) is 11.7. The number of carbonyl (C=O) groups is 1. The Balaban J connectivity index is 1.99. The van der Waals surface area contributed by atoms with Gasteiger partial charge < -0.3 is 24.4 Å². The lowest BCUT2D eigenvalue weighted by atomic mass is 10.0. The van der Waals surface area contributed by atoms with Gasteiger partial charge in [-0.15, -0.1) is 0 Å². The van der Waals surface area contributed by atoms with Gasteiger partial charge >= 0.3 is 12.6 Å². The van der Waals surface area contributed by atoms with Gasteiger partial charge in [0.15, 0.2) is 0 Å². The van der Waals surface area contributed by atoms with Gasteiger partial charge in [0, 0.05) is 10.8 Å². The van der Waals surface area contributed by atoms with Crippen LogP contribution in [0.5, 0.6) is 23.3 Å². The molecule has 4 rings (SSSR count). The zero-order chi connectivity index (χ0) is 25.3. The van der Waals surface area contributed by atoms with Crippen molar-refractivity contribution in [2.24, 2.45) is 0 Å². The van der Waals surface area contributed by atoms with Crippen molar-refractivity contribution in [3.63, 3.8) is 0 Å².